The molecular weight excluding hydrogens is 346 g/mol. The Kier molecular flexibility index (Phi) is 3.74. The van der Waals surface area contributed by atoms with E-state index in [2.05, 4.69) is 15.2 Å². The minimum atomic E-state index is -3.97. The smallest absolute Gasteiger partial charge is 0.383 e. The van der Waals surface area contributed by atoms with E-state index in [-0.39, 0.29) is 5.75 Å². The summed E-state index contributed by atoms with van der Waals surface area (Å²) in [5.74, 6) is 1.09. The van der Waals surface area contributed by atoms with Crippen LogP contribution in [-0.2, 0) is 15.0 Å². The molecule has 9 heteroatoms. The minimum absolute atomic E-state index is 0.196. The molecule has 2 aliphatic heterocycles. The molecule has 2 aromatic rings. The molecular formula is C16H15N3O5S. The molecule has 0 spiro atoms. The molecule has 0 bridgehead atoms. The fraction of sp³-hybridized carbons (Fsp3) is 0.188. The second-order valence-electron chi connectivity index (χ2n) is 5.49. The molecule has 4 rings (SSSR count). The Morgan fingerprint density at radius 1 is 1.16 bits per heavy atom. The highest BCUT2D eigenvalue weighted by Gasteiger charge is 2.39. The third-order valence-electron chi connectivity index (χ3n) is 3.88. The van der Waals surface area contributed by atoms with Crippen molar-refractivity contribution in [2.24, 2.45) is 5.10 Å². The summed E-state index contributed by atoms with van der Waals surface area (Å²) >= 11 is 0. The SMILES string of the molecule is COc1ccc2c(c1)OS(=O)(=O)NC2C1NN=C(c2ccccc2)O1. The van der Waals surface area contributed by atoms with Gasteiger partial charge in [-0.25, -0.2) is 0 Å². The van der Waals surface area contributed by atoms with Gasteiger partial charge < -0.3 is 13.7 Å². The number of rotatable bonds is 3. The fourth-order valence-corrected chi connectivity index (χ4v) is 3.70. The highest BCUT2D eigenvalue weighted by molar-refractivity contribution is 7.85. The summed E-state index contributed by atoms with van der Waals surface area (Å²) in [6.07, 6.45) is -0.707. The van der Waals surface area contributed by atoms with Crippen molar-refractivity contribution in [3.8, 4) is 11.5 Å². The predicted molar refractivity (Wildman–Crippen MR) is 89.4 cm³/mol. The van der Waals surface area contributed by atoms with Crippen LogP contribution in [0.15, 0.2) is 53.6 Å². The first kappa shape index (κ1) is 15.7. The van der Waals surface area contributed by atoms with Gasteiger partial charge in [-0.05, 0) is 24.3 Å². The summed E-state index contributed by atoms with van der Waals surface area (Å²) in [5, 5.41) is 4.16. The Balaban J connectivity index is 1.64. The van der Waals surface area contributed by atoms with E-state index in [4.69, 9.17) is 13.7 Å². The molecule has 0 fully saturated rings. The van der Waals surface area contributed by atoms with E-state index >= 15 is 0 Å². The van der Waals surface area contributed by atoms with Crippen LogP contribution in [0.5, 0.6) is 11.5 Å². The molecule has 130 valence electrons. The zero-order valence-corrected chi connectivity index (χ0v) is 14.0. The Hall–Kier alpha value is -2.78. The molecule has 0 saturated carbocycles. The van der Waals surface area contributed by atoms with E-state index in [9.17, 15) is 8.42 Å². The molecule has 8 nitrogen and oxygen atoms in total. The summed E-state index contributed by atoms with van der Waals surface area (Å²) < 4.78 is 42.5. The van der Waals surface area contributed by atoms with Gasteiger partial charge >= 0.3 is 10.3 Å². The van der Waals surface area contributed by atoms with Crippen molar-refractivity contribution < 1.29 is 22.1 Å². The molecule has 2 aliphatic rings. The third kappa shape index (κ3) is 2.99. The first-order valence-electron chi connectivity index (χ1n) is 7.51. The molecule has 2 aromatic carbocycles. The zero-order chi connectivity index (χ0) is 17.4. The van der Waals surface area contributed by atoms with Gasteiger partial charge in [-0.15, -0.1) is 5.10 Å². The Labute approximate surface area is 144 Å². The van der Waals surface area contributed by atoms with E-state index in [1.165, 1.54) is 13.2 Å². The van der Waals surface area contributed by atoms with Crippen LogP contribution in [0.3, 0.4) is 0 Å². The average molecular weight is 361 g/mol. The summed E-state index contributed by atoms with van der Waals surface area (Å²) in [6, 6.07) is 13.6. The lowest BCUT2D eigenvalue weighted by Crippen LogP contribution is -2.46. The predicted octanol–water partition coefficient (Wildman–Crippen LogP) is 1.27. The molecule has 2 N–H and O–H groups in total. The number of nitrogens with one attached hydrogen (secondary N) is 2. The van der Waals surface area contributed by atoms with Crippen molar-refractivity contribution in [1.82, 2.24) is 10.1 Å². The lowest BCUT2D eigenvalue weighted by molar-refractivity contribution is 0.143. The lowest BCUT2D eigenvalue weighted by atomic mass is 10.0. The number of hydrogen-bond acceptors (Lipinski definition) is 7. The highest BCUT2D eigenvalue weighted by atomic mass is 32.2. The molecule has 0 radical (unpaired) electrons. The standard InChI is InChI=1S/C16H15N3O5S/c1-22-11-7-8-12-13(9-11)24-25(20,21)19-14(12)16-18-17-15(23-16)10-5-3-2-4-6-10/h2-9,14,16,18-19H,1H3. The third-order valence-corrected chi connectivity index (χ3v) is 4.82. The van der Waals surface area contributed by atoms with E-state index in [0.29, 0.717) is 17.2 Å². The minimum Gasteiger partial charge on any atom is -0.497 e. The maximum atomic E-state index is 12.0. The molecule has 0 aliphatic carbocycles. The molecule has 25 heavy (non-hydrogen) atoms. The average Bonchev–Trinajstić information content (AvgIpc) is 3.10. The van der Waals surface area contributed by atoms with Crippen molar-refractivity contribution in [3.63, 3.8) is 0 Å². The van der Waals surface area contributed by atoms with Crippen LogP contribution in [0.4, 0.5) is 0 Å². The van der Waals surface area contributed by atoms with Gasteiger partial charge in [0.2, 0.25) is 12.1 Å². The largest absolute Gasteiger partial charge is 0.497 e. The second-order valence-corrected chi connectivity index (χ2v) is 6.80. The number of benzene rings is 2. The van der Waals surface area contributed by atoms with Crippen LogP contribution < -0.4 is 19.1 Å². The van der Waals surface area contributed by atoms with Crippen molar-refractivity contribution in [2.45, 2.75) is 12.3 Å². The lowest BCUT2D eigenvalue weighted by Gasteiger charge is -2.29. The van der Waals surface area contributed by atoms with Gasteiger partial charge in [-0.2, -0.15) is 13.1 Å². The van der Waals surface area contributed by atoms with Gasteiger partial charge in [0.25, 0.3) is 0 Å². The Morgan fingerprint density at radius 2 is 1.96 bits per heavy atom. The van der Waals surface area contributed by atoms with Gasteiger partial charge in [0.05, 0.1) is 7.11 Å². The number of hydrazone groups is 1. The first-order chi connectivity index (χ1) is 12.1. The van der Waals surface area contributed by atoms with Crippen LogP contribution >= 0.6 is 0 Å². The van der Waals surface area contributed by atoms with Gasteiger partial charge in [-0.1, -0.05) is 18.2 Å². The quantitative estimate of drug-likeness (QED) is 0.854. The zero-order valence-electron chi connectivity index (χ0n) is 13.2. The molecule has 0 amide bonds. The van der Waals surface area contributed by atoms with Crippen LogP contribution in [0, 0.1) is 0 Å². The summed E-state index contributed by atoms with van der Waals surface area (Å²) in [7, 11) is -2.47. The Morgan fingerprint density at radius 3 is 2.72 bits per heavy atom. The van der Waals surface area contributed by atoms with Crippen LogP contribution in [0.2, 0.25) is 0 Å². The summed E-state index contributed by atoms with van der Waals surface area (Å²) in [4.78, 5) is 0. The maximum absolute atomic E-state index is 12.0. The number of hydrogen-bond donors (Lipinski definition) is 2. The number of ether oxygens (including phenoxy) is 2. The summed E-state index contributed by atoms with van der Waals surface area (Å²) in [6.45, 7) is 0. The molecule has 0 aromatic heterocycles. The van der Waals surface area contributed by atoms with E-state index in [1.807, 2.05) is 30.3 Å². The van der Waals surface area contributed by atoms with Crippen LogP contribution in [-0.4, -0.2) is 27.7 Å². The van der Waals surface area contributed by atoms with E-state index in [1.54, 1.807) is 12.1 Å². The molecule has 2 unspecified atom stereocenters. The molecule has 2 atom stereocenters. The van der Waals surface area contributed by atoms with Gasteiger partial charge in [0.1, 0.15) is 11.8 Å². The topological polar surface area (TPSA) is 98.2 Å². The van der Waals surface area contributed by atoms with Crippen molar-refractivity contribution in [1.29, 1.82) is 0 Å². The molecule has 2 heterocycles. The van der Waals surface area contributed by atoms with Gasteiger partial charge in [0, 0.05) is 17.2 Å². The normalized spacial score (nSPS) is 23.5. The van der Waals surface area contributed by atoms with Crippen molar-refractivity contribution in [3.05, 3.63) is 59.7 Å². The number of fused-ring (bicyclic) bond motifs is 1. The van der Waals surface area contributed by atoms with Crippen molar-refractivity contribution in [2.75, 3.05) is 7.11 Å². The summed E-state index contributed by atoms with van der Waals surface area (Å²) in [5.41, 5.74) is 4.25. The number of nitrogens with zero attached hydrogens (tertiary/aromatic N) is 1. The Bertz CT molecular complexity index is 930. The van der Waals surface area contributed by atoms with Gasteiger partial charge in [0.15, 0.2) is 5.75 Å². The van der Waals surface area contributed by atoms with Crippen molar-refractivity contribution >= 4 is 16.2 Å². The first-order valence-corrected chi connectivity index (χ1v) is 8.91. The van der Waals surface area contributed by atoms with E-state index in [0.717, 1.165) is 5.56 Å². The van der Waals surface area contributed by atoms with Crippen LogP contribution in [0.1, 0.15) is 17.2 Å². The fourth-order valence-electron chi connectivity index (χ4n) is 2.71. The van der Waals surface area contributed by atoms with Gasteiger partial charge in [-0.3, -0.25) is 5.43 Å². The highest BCUT2D eigenvalue weighted by Crippen LogP contribution is 2.37. The number of methoxy groups -OCH3 is 1. The monoisotopic (exact) mass is 361 g/mol. The van der Waals surface area contributed by atoms with Crippen LogP contribution in [0.25, 0.3) is 0 Å². The maximum Gasteiger partial charge on any atom is 0.383 e. The second kappa shape index (κ2) is 5.94. The van der Waals surface area contributed by atoms with E-state index < -0.39 is 22.6 Å². The molecule has 0 saturated heterocycles.